The number of alkyl halides is 3. The Labute approximate surface area is 192 Å². The van der Waals surface area contributed by atoms with Gasteiger partial charge in [0.1, 0.15) is 6.07 Å². The quantitative estimate of drug-likeness (QED) is 0.550. The van der Waals surface area contributed by atoms with Crippen LogP contribution in [-0.4, -0.2) is 41.7 Å². The van der Waals surface area contributed by atoms with E-state index in [0.717, 1.165) is 0 Å². The van der Waals surface area contributed by atoms with Gasteiger partial charge in [-0.2, -0.15) is 23.4 Å². The van der Waals surface area contributed by atoms with Crippen molar-refractivity contribution in [2.75, 3.05) is 24.6 Å². The first kappa shape index (κ1) is 23.2. The van der Waals surface area contributed by atoms with Crippen LogP contribution < -0.4 is 15.0 Å². The molecule has 1 N–H and O–H groups in total. The van der Waals surface area contributed by atoms with Crippen molar-refractivity contribution in [1.29, 1.82) is 5.26 Å². The summed E-state index contributed by atoms with van der Waals surface area (Å²) in [6.07, 6.45) is -0.690. The van der Waals surface area contributed by atoms with Gasteiger partial charge in [0.15, 0.2) is 12.4 Å². The highest BCUT2D eigenvalue weighted by Gasteiger charge is 2.30. The number of carbonyl (C=O) groups excluding carboxylic acids is 1. The molecule has 1 aliphatic rings. The fraction of sp³-hybridized carbons (Fsp3) is 0.364. The van der Waals surface area contributed by atoms with Crippen molar-refractivity contribution in [2.45, 2.75) is 25.6 Å². The Morgan fingerprint density at radius 2 is 2.09 bits per heavy atom. The van der Waals surface area contributed by atoms with Crippen LogP contribution in [0.5, 0.6) is 5.88 Å². The number of hydrogen-bond donors (Lipinski definition) is 1. The lowest BCUT2D eigenvalue weighted by Gasteiger charge is -2.31. The number of nitrogens with zero attached hydrogens (tertiary/aromatic N) is 4. The van der Waals surface area contributed by atoms with Crippen molar-refractivity contribution in [3.63, 3.8) is 0 Å². The second-order valence-electron chi connectivity index (χ2n) is 7.61. The predicted molar refractivity (Wildman–Crippen MR) is 111 cm³/mol. The zero-order valence-corrected chi connectivity index (χ0v) is 17.8. The van der Waals surface area contributed by atoms with E-state index in [0.29, 0.717) is 43.1 Å². The zero-order valence-electron chi connectivity index (χ0n) is 17.8. The first-order valence-corrected chi connectivity index (χ1v) is 10.4. The topological polar surface area (TPSA) is 117 Å². The normalized spacial score (nSPS) is 14.6. The Kier molecular flexibility index (Phi) is 6.72. The number of carbonyl (C=O) groups is 1. The monoisotopic (exact) mass is 475 g/mol. The summed E-state index contributed by atoms with van der Waals surface area (Å²) < 4.78 is 53.1. The van der Waals surface area contributed by atoms with Crippen LogP contribution in [0.25, 0.3) is 11.7 Å². The van der Waals surface area contributed by atoms with E-state index in [1.165, 1.54) is 12.5 Å². The number of ether oxygens (including phenoxy) is 1. The SMILES string of the molecule is N#Cc1nc(-c2ccco2)oc1N1CCC(C(=O)NCc2cccnc2OCC(F)(F)F)CC1. The number of amides is 1. The van der Waals surface area contributed by atoms with Crippen molar-refractivity contribution in [3.05, 3.63) is 48.0 Å². The number of aromatic nitrogens is 2. The van der Waals surface area contributed by atoms with Gasteiger partial charge in [-0.1, -0.05) is 6.07 Å². The lowest BCUT2D eigenvalue weighted by molar-refractivity contribution is -0.154. The van der Waals surface area contributed by atoms with Crippen LogP contribution >= 0.6 is 0 Å². The third kappa shape index (κ3) is 5.48. The maximum absolute atomic E-state index is 12.7. The molecule has 0 aliphatic carbocycles. The molecular weight excluding hydrogens is 455 g/mol. The summed E-state index contributed by atoms with van der Waals surface area (Å²) in [5, 5.41) is 12.2. The summed E-state index contributed by atoms with van der Waals surface area (Å²) in [6, 6.07) is 8.48. The molecule has 1 saturated heterocycles. The first-order chi connectivity index (χ1) is 16.3. The molecule has 34 heavy (non-hydrogen) atoms. The lowest BCUT2D eigenvalue weighted by atomic mass is 9.96. The van der Waals surface area contributed by atoms with Gasteiger partial charge < -0.3 is 23.8 Å². The van der Waals surface area contributed by atoms with Gasteiger partial charge in [0.25, 0.3) is 5.89 Å². The molecule has 0 aromatic carbocycles. The number of oxazole rings is 1. The van der Waals surface area contributed by atoms with Crippen LogP contribution in [0.1, 0.15) is 24.1 Å². The van der Waals surface area contributed by atoms with E-state index >= 15 is 0 Å². The van der Waals surface area contributed by atoms with Crippen molar-refractivity contribution in [3.8, 4) is 23.6 Å². The molecule has 0 atom stereocenters. The molecular formula is C22H20F3N5O4. The summed E-state index contributed by atoms with van der Waals surface area (Å²) in [6.45, 7) is -0.538. The summed E-state index contributed by atoms with van der Waals surface area (Å²) in [4.78, 5) is 22.5. The molecule has 3 aromatic heterocycles. The van der Waals surface area contributed by atoms with Crippen LogP contribution in [0, 0.1) is 17.2 Å². The van der Waals surface area contributed by atoms with E-state index in [-0.39, 0.29) is 35.8 Å². The van der Waals surface area contributed by atoms with Gasteiger partial charge >= 0.3 is 6.18 Å². The maximum Gasteiger partial charge on any atom is 0.422 e. The van der Waals surface area contributed by atoms with Gasteiger partial charge in [0.05, 0.1) is 6.26 Å². The predicted octanol–water partition coefficient (Wildman–Crippen LogP) is 3.68. The Morgan fingerprint density at radius 3 is 2.76 bits per heavy atom. The van der Waals surface area contributed by atoms with Crippen molar-refractivity contribution in [2.24, 2.45) is 5.92 Å². The molecule has 0 unspecified atom stereocenters. The number of furan rings is 1. The van der Waals surface area contributed by atoms with Crippen LogP contribution in [-0.2, 0) is 11.3 Å². The highest BCUT2D eigenvalue weighted by atomic mass is 19.4. The molecule has 1 aliphatic heterocycles. The van der Waals surface area contributed by atoms with Gasteiger partial charge in [0, 0.05) is 37.3 Å². The van der Waals surface area contributed by atoms with Crippen molar-refractivity contribution in [1.82, 2.24) is 15.3 Å². The fourth-order valence-electron chi connectivity index (χ4n) is 3.62. The highest BCUT2D eigenvalue weighted by Crippen LogP contribution is 2.31. The van der Waals surface area contributed by atoms with Gasteiger partial charge in [-0.15, -0.1) is 0 Å². The maximum atomic E-state index is 12.7. The number of rotatable bonds is 7. The second-order valence-corrected chi connectivity index (χ2v) is 7.61. The average Bonchev–Trinajstić information content (AvgIpc) is 3.51. The summed E-state index contributed by atoms with van der Waals surface area (Å²) in [5.41, 5.74) is 0.487. The molecule has 12 heteroatoms. The van der Waals surface area contributed by atoms with Gasteiger partial charge in [0.2, 0.25) is 23.4 Å². The summed E-state index contributed by atoms with van der Waals surface area (Å²) >= 11 is 0. The van der Waals surface area contributed by atoms with Crippen molar-refractivity contribution >= 4 is 11.8 Å². The van der Waals surface area contributed by atoms with Crippen LogP contribution in [0.4, 0.5) is 19.1 Å². The third-order valence-electron chi connectivity index (χ3n) is 5.28. The van der Waals surface area contributed by atoms with E-state index in [1.807, 2.05) is 11.0 Å². The number of piperidine rings is 1. The van der Waals surface area contributed by atoms with Crippen molar-refractivity contribution < 1.29 is 31.5 Å². The van der Waals surface area contributed by atoms with Gasteiger partial charge in [-0.25, -0.2) is 4.98 Å². The van der Waals surface area contributed by atoms with E-state index in [2.05, 4.69) is 15.3 Å². The van der Waals surface area contributed by atoms with Crippen LogP contribution in [0.15, 0.2) is 45.6 Å². The number of nitriles is 1. The fourth-order valence-corrected chi connectivity index (χ4v) is 3.62. The smallest absolute Gasteiger partial charge is 0.422 e. The molecule has 9 nitrogen and oxygen atoms in total. The zero-order chi connectivity index (χ0) is 24.1. The molecule has 4 heterocycles. The molecule has 0 bridgehead atoms. The number of pyridine rings is 1. The standard InChI is InChI=1S/C22H20F3N5O4/c23-22(24,25)13-33-19-15(3-1-7-27-19)12-28-18(31)14-5-8-30(9-6-14)21-16(11-26)29-20(34-21)17-4-2-10-32-17/h1-4,7,10,14H,5-6,8-9,12-13H2,(H,28,31). The molecule has 178 valence electrons. The molecule has 3 aromatic rings. The minimum Gasteiger partial charge on any atom is -0.468 e. The Balaban J connectivity index is 1.33. The first-order valence-electron chi connectivity index (χ1n) is 10.4. The lowest BCUT2D eigenvalue weighted by Crippen LogP contribution is -2.40. The van der Waals surface area contributed by atoms with Gasteiger partial charge in [-0.05, 0) is 31.0 Å². The van der Waals surface area contributed by atoms with Gasteiger partial charge in [-0.3, -0.25) is 4.79 Å². The Morgan fingerprint density at radius 1 is 1.29 bits per heavy atom. The highest BCUT2D eigenvalue weighted by molar-refractivity contribution is 5.79. The molecule has 1 amide bonds. The van der Waals surface area contributed by atoms with E-state index in [4.69, 9.17) is 13.6 Å². The molecule has 1 fully saturated rings. The number of nitrogens with one attached hydrogen (secondary N) is 1. The minimum atomic E-state index is -4.49. The Bertz CT molecular complexity index is 1160. The number of halogens is 3. The summed E-state index contributed by atoms with van der Waals surface area (Å²) in [7, 11) is 0. The number of hydrogen-bond acceptors (Lipinski definition) is 8. The molecule has 0 saturated carbocycles. The largest absolute Gasteiger partial charge is 0.468 e. The van der Waals surface area contributed by atoms with E-state index in [9.17, 15) is 23.2 Å². The van der Waals surface area contributed by atoms with E-state index in [1.54, 1.807) is 24.3 Å². The third-order valence-corrected chi connectivity index (χ3v) is 5.28. The molecule has 0 radical (unpaired) electrons. The molecule has 0 spiro atoms. The second kappa shape index (κ2) is 9.86. The summed E-state index contributed by atoms with van der Waals surface area (Å²) in [5.74, 6) is 0.249. The Hall–Kier alpha value is -4.01. The minimum absolute atomic E-state index is 0.00668. The van der Waals surface area contributed by atoms with E-state index < -0.39 is 12.8 Å². The average molecular weight is 475 g/mol. The molecule has 4 rings (SSSR count). The number of anilines is 1. The van der Waals surface area contributed by atoms with Crippen LogP contribution in [0.2, 0.25) is 0 Å². The van der Waals surface area contributed by atoms with Crippen LogP contribution in [0.3, 0.4) is 0 Å².